The zero-order valence-electron chi connectivity index (χ0n) is 19.7. The Hall–Kier alpha value is -2.32. The van der Waals surface area contributed by atoms with Crippen molar-refractivity contribution in [1.29, 1.82) is 0 Å². The maximum Gasteiger partial charge on any atom is 0.243 e. The summed E-state index contributed by atoms with van der Waals surface area (Å²) in [5, 5.41) is 6.68. The van der Waals surface area contributed by atoms with Crippen LogP contribution in [0.5, 0.6) is 5.75 Å². The van der Waals surface area contributed by atoms with Gasteiger partial charge in [0.1, 0.15) is 18.4 Å². The van der Waals surface area contributed by atoms with Crippen molar-refractivity contribution in [2.45, 2.75) is 56.8 Å². The summed E-state index contributed by atoms with van der Waals surface area (Å²) in [5.74, 6) is 1.01. The smallest absolute Gasteiger partial charge is 0.243 e. The lowest BCUT2D eigenvalue weighted by atomic mass is 10.1. The molecule has 0 bridgehead atoms. The molecule has 1 aliphatic carbocycles. The molecule has 2 aliphatic rings. The predicted octanol–water partition coefficient (Wildman–Crippen LogP) is 2.33. The number of nitrogens with zero attached hydrogens (tertiary/aromatic N) is 2. The summed E-state index contributed by atoms with van der Waals surface area (Å²) in [6, 6.07) is 8.02. The fourth-order valence-corrected chi connectivity index (χ4v) is 4.04. The monoisotopic (exact) mass is 446 g/mol. The van der Waals surface area contributed by atoms with Gasteiger partial charge in [-0.2, -0.15) is 0 Å². The molecule has 8 heteroatoms. The number of rotatable bonds is 8. The Balaban J connectivity index is 1.51. The van der Waals surface area contributed by atoms with Gasteiger partial charge in [-0.05, 0) is 37.0 Å². The SMILES string of the molecule is COc1ccc(CCNC(=NCC(=O)N(C)C)NCC2COC3(CCCCCC3)O2)cc1. The molecule has 1 aliphatic heterocycles. The molecule has 1 spiro atoms. The second kappa shape index (κ2) is 12.1. The lowest BCUT2D eigenvalue weighted by Gasteiger charge is -2.26. The zero-order valence-corrected chi connectivity index (χ0v) is 19.7. The number of nitrogens with one attached hydrogen (secondary N) is 2. The number of amides is 1. The van der Waals surface area contributed by atoms with Crippen molar-refractivity contribution in [3.8, 4) is 5.75 Å². The molecule has 1 amide bonds. The van der Waals surface area contributed by atoms with Crippen LogP contribution >= 0.6 is 0 Å². The van der Waals surface area contributed by atoms with Crippen LogP contribution in [0.1, 0.15) is 44.1 Å². The molecule has 0 radical (unpaired) electrons. The largest absolute Gasteiger partial charge is 0.497 e. The highest BCUT2D eigenvalue weighted by Gasteiger charge is 2.41. The van der Waals surface area contributed by atoms with Gasteiger partial charge in [0, 0.05) is 40.0 Å². The van der Waals surface area contributed by atoms with E-state index < -0.39 is 5.79 Å². The third kappa shape index (κ3) is 7.38. The van der Waals surface area contributed by atoms with Crippen LogP contribution in [0.25, 0.3) is 0 Å². The van der Waals surface area contributed by atoms with E-state index in [1.807, 2.05) is 12.1 Å². The van der Waals surface area contributed by atoms with Crippen LogP contribution in [0.4, 0.5) is 0 Å². The van der Waals surface area contributed by atoms with E-state index in [1.54, 1.807) is 26.1 Å². The molecule has 1 aromatic rings. The van der Waals surface area contributed by atoms with E-state index in [9.17, 15) is 4.79 Å². The molecule has 8 nitrogen and oxygen atoms in total. The number of carbonyl (C=O) groups is 1. The molecule has 1 heterocycles. The minimum absolute atomic E-state index is 0.0220. The highest BCUT2D eigenvalue weighted by atomic mass is 16.7. The van der Waals surface area contributed by atoms with Gasteiger partial charge in [-0.15, -0.1) is 0 Å². The van der Waals surface area contributed by atoms with Crippen LogP contribution in [0, 0.1) is 0 Å². The number of aliphatic imine (C=N–C) groups is 1. The van der Waals surface area contributed by atoms with E-state index >= 15 is 0 Å². The normalized spacial score (nSPS) is 20.6. The molecule has 0 aromatic heterocycles. The summed E-state index contributed by atoms with van der Waals surface area (Å²) in [6.45, 7) is 1.96. The molecule has 2 fully saturated rings. The van der Waals surface area contributed by atoms with E-state index in [0.717, 1.165) is 37.9 Å². The minimum atomic E-state index is -0.400. The quantitative estimate of drug-likeness (QED) is 0.471. The number of hydrogen-bond donors (Lipinski definition) is 2. The molecular formula is C24H38N4O4. The van der Waals surface area contributed by atoms with E-state index in [4.69, 9.17) is 14.2 Å². The topological polar surface area (TPSA) is 84.4 Å². The molecule has 32 heavy (non-hydrogen) atoms. The first-order chi connectivity index (χ1) is 15.5. The van der Waals surface area contributed by atoms with Crippen LogP contribution in [0.15, 0.2) is 29.3 Å². The highest BCUT2D eigenvalue weighted by molar-refractivity contribution is 5.84. The van der Waals surface area contributed by atoms with Crippen molar-refractivity contribution < 1.29 is 19.0 Å². The van der Waals surface area contributed by atoms with Crippen molar-refractivity contribution in [2.75, 3.05) is 47.4 Å². The van der Waals surface area contributed by atoms with Gasteiger partial charge < -0.3 is 29.7 Å². The number of ether oxygens (including phenoxy) is 3. The molecule has 178 valence electrons. The van der Waals surface area contributed by atoms with Crippen molar-refractivity contribution in [1.82, 2.24) is 15.5 Å². The van der Waals surface area contributed by atoms with Crippen LogP contribution in [-0.2, 0) is 20.7 Å². The lowest BCUT2D eigenvalue weighted by Crippen LogP contribution is -2.43. The fraction of sp³-hybridized carbons (Fsp3) is 0.667. The number of guanidine groups is 1. The summed E-state index contributed by atoms with van der Waals surface area (Å²) in [7, 11) is 5.13. The average Bonchev–Trinajstić information content (AvgIpc) is 3.05. The molecule has 1 saturated heterocycles. The van der Waals surface area contributed by atoms with Gasteiger partial charge in [0.05, 0.1) is 13.7 Å². The summed E-state index contributed by atoms with van der Waals surface area (Å²) < 4.78 is 17.6. The van der Waals surface area contributed by atoms with Crippen LogP contribution in [0.2, 0.25) is 0 Å². The first kappa shape index (κ1) is 24.3. The Morgan fingerprint density at radius 1 is 1.16 bits per heavy atom. The van der Waals surface area contributed by atoms with Crippen molar-refractivity contribution in [3.05, 3.63) is 29.8 Å². The molecule has 3 rings (SSSR count). The van der Waals surface area contributed by atoms with Crippen molar-refractivity contribution in [2.24, 2.45) is 4.99 Å². The molecule has 2 N–H and O–H groups in total. The number of carbonyl (C=O) groups excluding carboxylic acids is 1. The Kier molecular flexibility index (Phi) is 9.17. The van der Waals surface area contributed by atoms with Gasteiger partial charge in [-0.1, -0.05) is 25.0 Å². The fourth-order valence-electron chi connectivity index (χ4n) is 4.04. The molecule has 1 aromatic carbocycles. The maximum atomic E-state index is 12.0. The zero-order chi connectivity index (χ0) is 22.8. The lowest BCUT2D eigenvalue weighted by molar-refractivity contribution is -0.175. The van der Waals surface area contributed by atoms with Gasteiger partial charge in [-0.25, -0.2) is 4.99 Å². The summed E-state index contributed by atoms with van der Waals surface area (Å²) in [5.41, 5.74) is 1.20. The second-order valence-corrected chi connectivity index (χ2v) is 8.73. The van der Waals surface area contributed by atoms with Crippen LogP contribution in [0.3, 0.4) is 0 Å². The van der Waals surface area contributed by atoms with Crippen LogP contribution < -0.4 is 15.4 Å². The summed E-state index contributed by atoms with van der Waals surface area (Å²) in [4.78, 5) is 18.0. The van der Waals surface area contributed by atoms with Gasteiger partial charge in [0.15, 0.2) is 11.7 Å². The average molecular weight is 447 g/mol. The standard InChI is InChI=1S/C24H38N4O4/c1-28(2)22(29)17-27-23(25-15-12-19-8-10-20(30-3)11-9-19)26-16-21-18-31-24(32-21)13-6-4-5-7-14-24/h8-11,21H,4-7,12-18H2,1-3H3,(H2,25,26,27). The number of methoxy groups -OCH3 is 1. The van der Waals surface area contributed by atoms with Crippen molar-refractivity contribution >= 4 is 11.9 Å². The third-order valence-electron chi connectivity index (χ3n) is 6.01. The van der Waals surface area contributed by atoms with Crippen LogP contribution in [-0.4, -0.2) is 76.1 Å². The molecule has 1 atom stereocenters. The molecule has 1 saturated carbocycles. The minimum Gasteiger partial charge on any atom is -0.497 e. The Morgan fingerprint density at radius 2 is 1.88 bits per heavy atom. The number of benzene rings is 1. The number of likely N-dealkylation sites (N-methyl/N-ethyl adjacent to an activating group) is 1. The van der Waals surface area contributed by atoms with E-state index in [0.29, 0.717) is 25.7 Å². The third-order valence-corrected chi connectivity index (χ3v) is 6.01. The summed E-state index contributed by atoms with van der Waals surface area (Å²) in [6.07, 6.45) is 7.59. The van der Waals surface area contributed by atoms with E-state index in [-0.39, 0.29) is 18.6 Å². The first-order valence-corrected chi connectivity index (χ1v) is 11.7. The van der Waals surface area contributed by atoms with E-state index in [2.05, 4.69) is 27.8 Å². The number of hydrogen-bond acceptors (Lipinski definition) is 5. The van der Waals surface area contributed by atoms with E-state index in [1.165, 1.54) is 18.4 Å². The van der Waals surface area contributed by atoms with Gasteiger partial charge in [-0.3, -0.25) is 4.79 Å². The summed E-state index contributed by atoms with van der Waals surface area (Å²) >= 11 is 0. The second-order valence-electron chi connectivity index (χ2n) is 8.73. The predicted molar refractivity (Wildman–Crippen MR) is 125 cm³/mol. The Morgan fingerprint density at radius 3 is 2.53 bits per heavy atom. The van der Waals surface area contributed by atoms with Gasteiger partial charge in [0.2, 0.25) is 5.91 Å². The first-order valence-electron chi connectivity index (χ1n) is 11.7. The molecular weight excluding hydrogens is 408 g/mol. The Bertz CT molecular complexity index is 743. The van der Waals surface area contributed by atoms with Gasteiger partial charge in [0.25, 0.3) is 0 Å². The highest BCUT2D eigenvalue weighted by Crippen LogP contribution is 2.36. The van der Waals surface area contributed by atoms with Gasteiger partial charge >= 0.3 is 0 Å². The molecule has 1 unspecified atom stereocenters. The maximum absolute atomic E-state index is 12.0. The van der Waals surface area contributed by atoms with Crippen molar-refractivity contribution in [3.63, 3.8) is 0 Å². The Labute approximate surface area is 191 Å².